The highest BCUT2D eigenvalue weighted by atomic mass is 16.5. The summed E-state index contributed by atoms with van der Waals surface area (Å²) in [6.07, 6.45) is 2.55. The van der Waals surface area contributed by atoms with E-state index in [0.717, 1.165) is 18.4 Å². The van der Waals surface area contributed by atoms with Crippen LogP contribution in [0.5, 0.6) is 11.5 Å². The molecule has 2 aromatic rings. The van der Waals surface area contributed by atoms with Crippen LogP contribution in [0, 0.1) is 5.92 Å². The zero-order valence-electron chi connectivity index (χ0n) is 17.5. The molecule has 0 radical (unpaired) electrons. The maximum Gasteiger partial charge on any atom is 0.255 e. The van der Waals surface area contributed by atoms with Gasteiger partial charge >= 0.3 is 0 Å². The van der Waals surface area contributed by atoms with Crippen molar-refractivity contribution in [3.8, 4) is 11.5 Å². The molecule has 1 aliphatic rings. The van der Waals surface area contributed by atoms with Crippen LogP contribution in [-0.4, -0.2) is 51.6 Å². The molecule has 0 spiro atoms. The Kier molecular flexibility index (Phi) is 6.42. The average molecular weight is 396 g/mol. The molecule has 0 bridgehead atoms. The van der Waals surface area contributed by atoms with Crippen molar-refractivity contribution in [2.45, 2.75) is 19.3 Å². The highest BCUT2D eigenvalue weighted by Gasteiger charge is 2.33. The van der Waals surface area contributed by atoms with Crippen molar-refractivity contribution in [3.63, 3.8) is 0 Å². The molecule has 0 heterocycles. The van der Waals surface area contributed by atoms with Gasteiger partial charge in [0.15, 0.2) is 11.5 Å². The SMILES string of the molecule is COc1ccc(CCN(C)C(=O)c2ccccc2N(C)C(=O)C2CC2)cc1OC. The molecule has 3 rings (SSSR count). The second-order valence-electron chi connectivity index (χ2n) is 7.35. The molecule has 2 aromatic carbocycles. The van der Waals surface area contributed by atoms with Gasteiger partial charge in [-0.15, -0.1) is 0 Å². The number of carbonyl (C=O) groups is 2. The van der Waals surface area contributed by atoms with Gasteiger partial charge in [-0.1, -0.05) is 18.2 Å². The Bertz CT molecular complexity index is 892. The Hall–Kier alpha value is -3.02. The largest absolute Gasteiger partial charge is 0.493 e. The molecule has 0 aliphatic heterocycles. The first-order valence-corrected chi connectivity index (χ1v) is 9.79. The van der Waals surface area contributed by atoms with Crippen molar-refractivity contribution >= 4 is 17.5 Å². The first kappa shape index (κ1) is 20.7. The number of para-hydroxylation sites is 1. The lowest BCUT2D eigenvalue weighted by atomic mass is 10.1. The molecule has 1 fully saturated rings. The predicted molar refractivity (Wildman–Crippen MR) is 113 cm³/mol. The Morgan fingerprint density at radius 2 is 1.69 bits per heavy atom. The van der Waals surface area contributed by atoms with Gasteiger partial charge in [0.25, 0.3) is 5.91 Å². The van der Waals surface area contributed by atoms with E-state index in [1.54, 1.807) is 44.2 Å². The molecule has 6 heteroatoms. The number of carbonyl (C=O) groups excluding carboxylic acids is 2. The van der Waals surface area contributed by atoms with Crippen molar-refractivity contribution < 1.29 is 19.1 Å². The molecule has 29 heavy (non-hydrogen) atoms. The molecular weight excluding hydrogens is 368 g/mol. The van der Waals surface area contributed by atoms with Crippen molar-refractivity contribution in [2.75, 3.05) is 39.8 Å². The van der Waals surface area contributed by atoms with Gasteiger partial charge in [-0.2, -0.15) is 0 Å². The molecule has 0 saturated heterocycles. The summed E-state index contributed by atoms with van der Waals surface area (Å²) in [6.45, 7) is 0.545. The zero-order chi connectivity index (χ0) is 21.0. The second kappa shape index (κ2) is 8.99. The van der Waals surface area contributed by atoms with Gasteiger partial charge in [0.05, 0.1) is 25.5 Å². The number of anilines is 1. The van der Waals surface area contributed by atoms with Crippen LogP contribution in [0.4, 0.5) is 5.69 Å². The van der Waals surface area contributed by atoms with Gasteiger partial charge in [-0.25, -0.2) is 0 Å². The van der Waals surface area contributed by atoms with E-state index in [-0.39, 0.29) is 17.7 Å². The minimum Gasteiger partial charge on any atom is -0.493 e. The molecule has 154 valence electrons. The molecular formula is C23H28N2O4. The van der Waals surface area contributed by atoms with Gasteiger partial charge < -0.3 is 19.3 Å². The third-order valence-electron chi connectivity index (χ3n) is 5.28. The number of rotatable bonds is 8. The third kappa shape index (κ3) is 4.70. The van der Waals surface area contributed by atoms with E-state index in [1.807, 2.05) is 36.4 Å². The van der Waals surface area contributed by atoms with Crippen LogP contribution in [0.25, 0.3) is 0 Å². The summed E-state index contributed by atoms with van der Waals surface area (Å²) in [5.74, 6) is 1.43. The first-order valence-electron chi connectivity index (χ1n) is 9.79. The number of hydrogen-bond acceptors (Lipinski definition) is 4. The fourth-order valence-corrected chi connectivity index (χ4v) is 3.31. The summed E-state index contributed by atoms with van der Waals surface area (Å²) < 4.78 is 10.6. The topological polar surface area (TPSA) is 59.1 Å². The molecule has 6 nitrogen and oxygen atoms in total. The van der Waals surface area contributed by atoms with E-state index >= 15 is 0 Å². The lowest BCUT2D eigenvalue weighted by Crippen LogP contribution is -2.33. The van der Waals surface area contributed by atoms with Crippen LogP contribution in [0.3, 0.4) is 0 Å². The highest BCUT2D eigenvalue weighted by molar-refractivity contribution is 6.05. The van der Waals surface area contributed by atoms with E-state index in [0.29, 0.717) is 35.7 Å². The maximum absolute atomic E-state index is 13.1. The minimum absolute atomic E-state index is 0.0817. The molecule has 0 atom stereocenters. The number of benzene rings is 2. The molecule has 1 aliphatic carbocycles. The number of nitrogens with zero attached hydrogens (tertiary/aromatic N) is 2. The molecule has 0 unspecified atom stereocenters. The van der Waals surface area contributed by atoms with E-state index in [2.05, 4.69) is 0 Å². The smallest absolute Gasteiger partial charge is 0.255 e. The van der Waals surface area contributed by atoms with Gasteiger partial charge in [0, 0.05) is 26.6 Å². The molecule has 0 aromatic heterocycles. The van der Waals surface area contributed by atoms with Crippen LogP contribution in [0.2, 0.25) is 0 Å². The van der Waals surface area contributed by atoms with Gasteiger partial charge in [0.2, 0.25) is 5.91 Å². The summed E-state index contributed by atoms with van der Waals surface area (Å²) in [6, 6.07) is 13.0. The average Bonchev–Trinajstić information content (AvgIpc) is 3.61. The first-order chi connectivity index (χ1) is 14.0. The number of ether oxygens (including phenoxy) is 2. The fourth-order valence-electron chi connectivity index (χ4n) is 3.31. The summed E-state index contributed by atoms with van der Waals surface area (Å²) in [4.78, 5) is 28.8. The Morgan fingerprint density at radius 1 is 1.00 bits per heavy atom. The van der Waals surface area contributed by atoms with Crippen LogP contribution in [0.1, 0.15) is 28.8 Å². The lowest BCUT2D eigenvalue weighted by molar-refractivity contribution is -0.119. The summed E-state index contributed by atoms with van der Waals surface area (Å²) in [5, 5.41) is 0. The van der Waals surface area contributed by atoms with Gasteiger partial charge in [0.1, 0.15) is 0 Å². The normalized spacial score (nSPS) is 13.0. The fraction of sp³-hybridized carbons (Fsp3) is 0.391. The maximum atomic E-state index is 13.1. The quantitative estimate of drug-likeness (QED) is 0.686. The van der Waals surface area contributed by atoms with Crippen LogP contribution in [0.15, 0.2) is 42.5 Å². The highest BCUT2D eigenvalue weighted by Crippen LogP contribution is 2.33. The number of amides is 2. The van der Waals surface area contributed by atoms with Crippen molar-refractivity contribution in [1.82, 2.24) is 4.90 Å². The summed E-state index contributed by atoms with van der Waals surface area (Å²) in [7, 11) is 6.74. The monoisotopic (exact) mass is 396 g/mol. The van der Waals surface area contributed by atoms with Crippen molar-refractivity contribution in [1.29, 1.82) is 0 Å². The standard InChI is InChI=1S/C23H28N2O4/c1-24(14-13-16-9-12-20(28-3)21(15-16)29-4)23(27)18-7-5-6-8-19(18)25(2)22(26)17-10-11-17/h5-9,12,15,17H,10-11,13-14H2,1-4H3. The molecule has 0 N–H and O–H groups in total. The van der Waals surface area contributed by atoms with E-state index in [9.17, 15) is 9.59 Å². The van der Waals surface area contributed by atoms with Crippen LogP contribution >= 0.6 is 0 Å². The van der Waals surface area contributed by atoms with E-state index < -0.39 is 0 Å². The lowest BCUT2D eigenvalue weighted by Gasteiger charge is -2.23. The van der Waals surface area contributed by atoms with Gasteiger partial charge in [-0.3, -0.25) is 9.59 Å². The van der Waals surface area contributed by atoms with E-state index in [1.165, 1.54) is 0 Å². The number of methoxy groups -OCH3 is 2. The Balaban J connectivity index is 1.70. The van der Waals surface area contributed by atoms with Gasteiger partial charge in [-0.05, 0) is 49.1 Å². The van der Waals surface area contributed by atoms with Crippen molar-refractivity contribution in [2.24, 2.45) is 5.92 Å². The summed E-state index contributed by atoms with van der Waals surface area (Å²) >= 11 is 0. The van der Waals surface area contributed by atoms with Crippen LogP contribution in [-0.2, 0) is 11.2 Å². The number of likely N-dealkylation sites (N-methyl/N-ethyl adjacent to an activating group) is 1. The zero-order valence-corrected chi connectivity index (χ0v) is 17.5. The Labute approximate surface area is 172 Å². The minimum atomic E-state index is -0.100. The molecule has 1 saturated carbocycles. The second-order valence-corrected chi connectivity index (χ2v) is 7.35. The Morgan fingerprint density at radius 3 is 2.34 bits per heavy atom. The van der Waals surface area contributed by atoms with Crippen molar-refractivity contribution in [3.05, 3.63) is 53.6 Å². The third-order valence-corrected chi connectivity index (χ3v) is 5.28. The van der Waals surface area contributed by atoms with E-state index in [4.69, 9.17) is 9.47 Å². The number of hydrogen-bond donors (Lipinski definition) is 0. The van der Waals surface area contributed by atoms with Crippen LogP contribution < -0.4 is 14.4 Å². The predicted octanol–water partition coefficient (Wildman–Crippen LogP) is 3.39. The molecule has 2 amide bonds. The summed E-state index contributed by atoms with van der Waals surface area (Å²) in [5.41, 5.74) is 2.25.